The lowest BCUT2D eigenvalue weighted by molar-refractivity contribution is -0.142. The molecule has 1 aliphatic rings. The molecule has 1 aliphatic heterocycles. The van der Waals surface area contributed by atoms with Crippen LogP contribution >= 0.6 is 7.75 Å². The standard InChI is InChI=1S/C21H29N4O8P/c1-4-21(16(26)12-18(32-21)25-11-10-17(22)23-20(25)28)13-31-34(29,24-14(2)19(27)30-3)33-15-8-6-5-7-9-15/h5-11,14,16,18,26H,4,12-13H2,1-3H3,(H,24,29)(H2,22,23,28)/t14-,16-,18+,21+,34?/m0/s1. The van der Waals surface area contributed by atoms with Crippen molar-refractivity contribution in [3.63, 3.8) is 0 Å². The number of rotatable bonds is 10. The zero-order chi connectivity index (χ0) is 24.9. The molecule has 2 heterocycles. The molecule has 0 amide bonds. The normalized spacial score (nSPS) is 24.8. The van der Waals surface area contributed by atoms with Crippen molar-refractivity contribution in [2.45, 2.75) is 50.7 Å². The number of carbonyl (C=O) groups excluding carboxylic acids is 1. The Morgan fingerprint density at radius 3 is 2.74 bits per heavy atom. The molecule has 1 unspecified atom stereocenters. The quantitative estimate of drug-likeness (QED) is 0.323. The van der Waals surface area contributed by atoms with Crippen LogP contribution in [0.4, 0.5) is 5.82 Å². The fraction of sp³-hybridized carbons (Fsp3) is 0.476. The molecule has 4 N–H and O–H groups in total. The Bertz CT molecular complexity index is 1100. The van der Waals surface area contributed by atoms with Crippen LogP contribution in [-0.2, 0) is 23.4 Å². The first-order chi connectivity index (χ1) is 16.1. The van der Waals surface area contributed by atoms with Gasteiger partial charge in [0.2, 0.25) is 0 Å². The molecule has 0 saturated carbocycles. The molecule has 186 valence electrons. The van der Waals surface area contributed by atoms with Gasteiger partial charge in [-0.1, -0.05) is 25.1 Å². The highest BCUT2D eigenvalue weighted by Gasteiger charge is 2.50. The first-order valence-corrected chi connectivity index (χ1v) is 12.2. The minimum atomic E-state index is -4.15. The lowest BCUT2D eigenvalue weighted by Crippen LogP contribution is -2.44. The number of aliphatic hydroxyl groups excluding tert-OH is 1. The Hall–Kier alpha value is -2.76. The Morgan fingerprint density at radius 1 is 1.41 bits per heavy atom. The van der Waals surface area contributed by atoms with Gasteiger partial charge in [-0.3, -0.25) is 13.9 Å². The van der Waals surface area contributed by atoms with E-state index in [4.69, 9.17) is 19.5 Å². The highest BCUT2D eigenvalue weighted by Crippen LogP contribution is 2.48. The van der Waals surface area contributed by atoms with Crippen LogP contribution in [-0.4, -0.2) is 52.1 Å². The van der Waals surface area contributed by atoms with Crippen molar-refractivity contribution in [3.05, 3.63) is 53.1 Å². The molecule has 0 bridgehead atoms. The van der Waals surface area contributed by atoms with Crippen LogP contribution in [0.25, 0.3) is 0 Å². The maximum Gasteiger partial charge on any atom is 0.459 e. The molecule has 3 rings (SSSR count). The third-order valence-corrected chi connectivity index (χ3v) is 7.14. The molecule has 1 saturated heterocycles. The molecule has 5 atom stereocenters. The van der Waals surface area contributed by atoms with E-state index < -0.39 is 43.4 Å². The highest BCUT2D eigenvalue weighted by molar-refractivity contribution is 7.52. The minimum absolute atomic E-state index is 0.0645. The van der Waals surface area contributed by atoms with Gasteiger partial charge in [0.15, 0.2) is 0 Å². The molecule has 1 aromatic carbocycles. The van der Waals surface area contributed by atoms with E-state index in [-0.39, 0.29) is 31.0 Å². The average molecular weight is 496 g/mol. The van der Waals surface area contributed by atoms with E-state index in [9.17, 15) is 19.3 Å². The second-order valence-electron chi connectivity index (χ2n) is 7.83. The fourth-order valence-electron chi connectivity index (χ4n) is 3.54. The Kier molecular flexibility index (Phi) is 8.11. The van der Waals surface area contributed by atoms with Gasteiger partial charge in [-0.25, -0.2) is 9.36 Å². The van der Waals surface area contributed by atoms with Gasteiger partial charge >= 0.3 is 19.4 Å². The number of carbonyl (C=O) groups is 1. The van der Waals surface area contributed by atoms with E-state index in [1.54, 1.807) is 37.3 Å². The highest BCUT2D eigenvalue weighted by atomic mass is 31.2. The Balaban J connectivity index is 1.82. The number of aromatic nitrogens is 2. The summed E-state index contributed by atoms with van der Waals surface area (Å²) in [5.74, 6) is -0.362. The van der Waals surface area contributed by atoms with E-state index in [1.165, 1.54) is 30.9 Å². The summed E-state index contributed by atoms with van der Waals surface area (Å²) in [6, 6.07) is 8.71. The van der Waals surface area contributed by atoms with E-state index >= 15 is 0 Å². The van der Waals surface area contributed by atoms with Crippen LogP contribution in [0.2, 0.25) is 0 Å². The number of anilines is 1. The van der Waals surface area contributed by atoms with Gasteiger partial charge < -0.3 is 24.8 Å². The molecule has 0 aliphatic carbocycles. The summed E-state index contributed by atoms with van der Waals surface area (Å²) >= 11 is 0. The second-order valence-corrected chi connectivity index (χ2v) is 9.53. The molecule has 0 radical (unpaired) electrons. The van der Waals surface area contributed by atoms with Gasteiger partial charge in [-0.05, 0) is 31.5 Å². The van der Waals surface area contributed by atoms with E-state index in [2.05, 4.69) is 14.8 Å². The monoisotopic (exact) mass is 496 g/mol. The van der Waals surface area contributed by atoms with Crippen molar-refractivity contribution in [1.29, 1.82) is 0 Å². The molecule has 34 heavy (non-hydrogen) atoms. The number of esters is 1. The largest absolute Gasteiger partial charge is 0.468 e. The maximum absolute atomic E-state index is 13.6. The molecular weight excluding hydrogens is 467 g/mol. The summed E-state index contributed by atoms with van der Waals surface area (Å²) < 4.78 is 36.8. The number of nitrogens with zero attached hydrogens (tertiary/aromatic N) is 2. The maximum atomic E-state index is 13.6. The van der Waals surface area contributed by atoms with Crippen molar-refractivity contribution < 1.29 is 33.0 Å². The topological polar surface area (TPSA) is 164 Å². The van der Waals surface area contributed by atoms with Gasteiger partial charge in [0.25, 0.3) is 0 Å². The number of benzene rings is 1. The molecule has 0 spiro atoms. The summed E-state index contributed by atoms with van der Waals surface area (Å²) in [6.45, 7) is 2.85. The molecule has 1 aromatic heterocycles. The summed E-state index contributed by atoms with van der Waals surface area (Å²) in [5.41, 5.74) is 3.61. The first kappa shape index (κ1) is 25.9. The summed E-state index contributed by atoms with van der Waals surface area (Å²) in [5, 5.41) is 13.4. The number of para-hydroxylation sites is 1. The van der Waals surface area contributed by atoms with Gasteiger partial charge in [-0.2, -0.15) is 10.1 Å². The summed E-state index contributed by atoms with van der Waals surface area (Å²) in [7, 11) is -2.94. The number of hydrogen-bond donors (Lipinski definition) is 3. The van der Waals surface area contributed by atoms with Crippen LogP contribution in [0.3, 0.4) is 0 Å². The predicted octanol–water partition coefficient (Wildman–Crippen LogP) is 1.61. The Morgan fingerprint density at radius 2 is 2.12 bits per heavy atom. The number of nitrogen functional groups attached to an aromatic ring is 1. The minimum Gasteiger partial charge on any atom is -0.468 e. The SMILES string of the molecule is CC[C@]1(COP(=O)(N[C@@H](C)C(=O)OC)Oc2ccccc2)O[C@@H](n2ccc(N)nc2=O)C[C@@H]1O. The second kappa shape index (κ2) is 10.7. The van der Waals surface area contributed by atoms with Crippen molar-refractivity contribution in [2.75, 3.05) is 19.5 Å². The van der Waals surface area contributed by atoms with Crippen molar-refractivity contribution in [3.8, 4) is 5.75 Å². The summed E-state index contributed by atoms with van der Waals surface area (Å²) in [4.78, 5) is 27.8. The predicted molar refractivity (Wildman–Crippen MR) is 122 cm³/mol. The van der Waals surface area contributed by atoms with Crippen molar-refractivity contribution in [2.24, 2.45) is 0 Å². The van der Waals surface area contributed by atoms with Crippen LogP contribution in [0.15, 0.2) is 47.4 Å². The Labute approximate surface area is 196 Å². The number of methoxy groups -OCH3 is 1. The van der Waals surface area contributed by atoms with Gasteiger partial charge in [-0.15, -0.1) is 0 Å². The van der Waals surface area contributed by atoms with Crippen LogP contribution in [0.5, 0.6) is 5.75 Å². The zero-order valence-corrected chi connectivity index (χ0v) is 20.0. The third kappa shape index (κ3) is 5.83. The number of hydrogen-bond acceptors (Lipinski definition) is 10. The summed E-state index contributed by atoms with van der Waals surface area (Å²) in [6.07, 6.45) is -0.138. The first-order valence-electron chi connectivity index (χ1n) is 10.7. The lowest BCUT2D eigenvalue weighted by atomic mass is 9.95. The molecular formula is C21H29N4O8P. The number of aliphatic hydroxyl groups is 1. The molecule has 1 fully saturated rings. The van der Waals surface area contributed by atoms with Crippen LogP contribution in [0.1, 0.15) is 32.9 Å². The van der Waals surface area contributed by atoms with Crippen molar-refractivity contribution in [1.82, 2.24) is 14.6 Å². The molecule has 2 aromatic rings. The lowest BCUT2D eigenvalue weighted by Gasteiger charge is -2.32. The van der Waals surface area contributed by atoms with Crippen LogP contribution in [0, 0.1) is 0 Å². The van der Waals surface area contributed by atoms with Gasteiger partial charge in [0.1, 0.15) is 29.4 Å². The van der Waals surface area contributed by atoms with Crippen molar-refractivity contribution >= 4 is 19.5 Å². The number of nitrogens with two attached hydrogens (primary N) is 1. The zero-order valence-electron chi connectivity index (χ0n) is 19.1. The number of nitrogens with one attached hydrogen (secondary N) is 1. The third-order valence-electron chi connectivity index (χ3n) is 5.52. The average Bonchev–Trinajstić information content (AvgIpc) is 3.14. The van der Waals surface area contributed by atoms with E-state index in [1.807, 2.05) is 0 Å². The van der Waals surface area contributed by atoms with Gasteiger partial charge in [0, 0.05) is 12.6 Å². The van der Waals surface area contributed by atoms with E-state index in [0.717, 1.165) is 0 Å². The number of ether oxygens (including phenoxy) is 2. The smallest absolute Gasteiger partial charge is 0.459 e. The fourth-order valence-corrected chi connectivity index (χ4v) is 5.09. The molecule has 13 heteroatoms. The molecule has 12 nitrogen and oxygen atoms in total. The van der Waals surface area contributed by atoms with Gasteiger partial charge in [0.05, 0.1) is 19.8 Å². The van der Waals surface area contributed by atoms with E-state index in [0.29, 0.717) is 0 Å². The van der Waals surface area contributed by atoms with Crippen LogP contribution < -0.4 is 21.0 Å².